The monoisotopic (exact) mass is 256 g/mol. The fourth-order valence-corrected chi connectivity index (χ4v) is 2.63. The van der Waals surface area contributed by atoms with Crippen LogP contribution in [-0.4, -0.2) is 28.3 Å². The number of piperidine rings is 1. The summed E-state index contributed by atoms with van der Waals surface area (Å²) in [6.45, 7) is 2.33. The average molecular weight is 256 g/mol. The number of rotatable bonds is 4. The predicted molar refractivity (Wildman–Crippen MR) is 75.7 cm³/mol. The number of H-pyrrole nitrogens is 1. The molecule has 1 saturated heterocycles. The summed E-state index contributed by atoms with van der Waals surface area (Å²) in [7, 11) is 0. The topological polar surface area (TPSA) is 53.6 Å². The molecule has 2 heterocycles. The van der Waals surface area contributed by atoms with E-state index in [2.05, 4.69) is 20.5 Å². The molecular weight excluding hydrogens is 236 g/mol. The van der Waals surface area contributed by atoms with Crippen molar-refractivity contribution in [1.82, 2.24) is 20.5 Å². The highest BCUT2D eigenvalue weighted by Crippen LogP contribution is 2.19. The van der Waals surface area contributed by atoms with Crippen LogP contribution in [0.25, 0.3) is 11.4 Å². The Morgan fingerprint density at radius 1 is 1.11 bits per heavy atom. The first kappa shape index (κ1) is 12.4. The molecule has 3 rings (SSSR count). The van der Waals surface area contributed by atoms with Gasteiger partial charge in [-0.2, -0.15) is 5.10 Å². The van der Waals surface area contributed by atoms with Gasteiger partial charge >= 0.3 is 0 Å². The van der Waals surface area contributed by atoms with Crippen molar-refractivity contribution in [2.45, 2.75) is 25.7 Å². The van der Waals surface area contributed by atoms with Gasteiger partial charge in [0.2, 0.25) is 0 Å². The molecule has 2 N–H and O–H groups in total. The lowest BCUT2D eigenvalue weighted by atomic mass is 9.93. The standard InChI is InChI=1S/C15H20N4/c1-2-4-13(5-3-1)15-17-14(18-19-15)7-6-12-8-10-16-11-9-12/h1-5,12,16H,6-11H2,(H,17,18,19). The van der Waals surface area contributed by atoms with Gasteiger partial charge in [0.1, 0.15) is 5.82 Å². The molecule has 1 fully saturated rings. The molecule has 1 aliphatic heterocycles. The molecule has 1 aliphatic rings. The third-order valence-electron chi connectivity index (χ3n) is 3.81. The number of aryl methyl sites for hydroxylation is 1. The summed E-state index contributed by atoms with van der Waals surface area (Å²) in [4.78, 5) is 4.58. The van der Waals surface area contributed by atoms with Crippen molar-refractivity contribution in [1.29, 1.82) is 0 Å². The van der Waals surface area contributed by atoms with Gasteiger partial charge in [-0.05, 0) is 38.3 Å². The molecule has 0 atom stereocenters. The second kappa shape index (κ2) is 5.97. The van der Waals surface area contributed by atoms with Crippen molar-refractivity contribution in [3.8, 4) is 11.4 Å². The number of nitrogens with one attached hydrogen (secondary N) is 2. The van der Waals surface area contributed by atoms with Crippen LogP contribution in [0.15, 0.2) is 30.3 Å². The van der Waals surface area contributed by atoms with E-state index in [0.29, 0.717) is 0 Å². The maximum absolute atomic E-state index is 4.58. The van der Waals surface area contributed by atoms with Crippen molar-refractivity contribution in [2.24, 2.45) is 5.92 Å². The summed E-state index contributed by atoms with van der Waals surface area (Å²) < 4.78 is 0. The Morgan fingerprint density at radius 3 is 2.68 bits per heavy atom. The van der Waals surface area contributed by atoms with Crippen LogP contribution in [0.3, 0.4) is 0 Å². The molecule has 1 aromatic heterocycles. The maximum Gasteiger partial charge on any atom is 0.181 e. The molecule has 1 aromatic carbocycles. The molecule has 100 valence electrons. The summed E-state index contributed by atoms with van der Waals surface area (Å²) in [6, 6.07) is 10.1. The SMILES string of the molecule is c1ccc(-c2n[nH]c(CCC3CCNCC3)n2)cc1. The number of benzene rings is 1. The van der Waals surface area contributed by atoms with Gasteiger partial charge in [-0.25, -0.2) is 4.98 Å². The fraction of sp³-hybridized carbons (Fsp3) is 0.467. The van der Waals surface area contributed by atoms with Gasteiger partial charge in [0, 0.05) is 12.0 Å². The van der Waals surface area contributed by atoms with E-state index in [0.717, 1.165) is 42.6 Å². The highest BCUT2D eigenvalue weighted by atomic mass is 15.2. The van der Waals surface area contributed by atoms with Crippen molar-refractivity contribution in [2.75, 3.05) is 13.1 Å². The number of aromatic amines is 1. The highest BCUT2D eigenvalue weighted by Gasteiger charge is 2.14. The Bertz CT molecular complexity index is 500. The Labute approximate surface area is 113 Å². The van der Waals surface area contributed by atoms with Crippen LogP contribution in [0.1, 0.15) is 25.1 Å². The lowest BCUT2D eigenvalue weighted by Gasteiger charge is -2.21. The van der Waals surface area contributed by atoms with E-state index >= 15 is 0 Å². The van der Waals surface area contributed by atoms with E-state index in [1.54, 1.807) is 0 Å². The van der Waals surface area contributed by atoms with Crippen LogP contribution in [-0.2, 0) is 6.42 Å². The summed E-state index contributed by atoms with van der Waals surface area (Å²) in [5.74, 6) is 2.66. The van der Waals surface area contributed by atoms with Gasteiger partial charge in [0.15, 0.2) is 5.82 Å². The Morgan fingerprint density at radius 2 is 1.89 bits per heavy atom. The molecule has 19 heavy (non-hydrogen) atoms. The van der Waals surface area contributed by atoms with Gasteiger partial charge in [-0.1, -0.05) is 30.3 Å². The average Bonchev–Trinajstić information content (AvgIpc) is 2.96. The van der Waals surface area contributed by atoms with Gasteiger partial charge in [0.25, 0.3) is 0 Å². The highest BCUT2D eigenvalue weighted by molar-refractivity contribution is 5.53. The molecule has 4 nitrogen and oxygen atoms in total. The van der Waals surface area contributed by atoms with Crippen LogP contribution < -0.4 is 5.32 Å². The Kier molecular flexibility index (Phi) is 3.89. The minimum Gasteiger partial charge on any atom is -0.317 e. The normalized spacial score (nSPS) is 16.6. The summed E-state index contributed by atoms with van der Waals surface area (Å²) in [6.07, 6.45) is 4.80. The third-order valence-corrected chi connectivity index (χ3v) is 3.81. The van der Waals surface area contributed by atoms with Crippen LogP contribution in [0, 0.1) is 5.92 Å². The summed E-state index contributed by atoms with van der Waals surface area (Å²) in [5.41, 5.74) is 1.08. The quantitative estimate of drug-likeness (QED) is 0.883. The molecule has 0 unspecified atom stereocenters. The van der Waals surface area contributed by atoms with E-state index in [9.17, 15) is 0 Å². The van der Waals surface area contributed by atoms with Gasteiger partial charge in [-0.15, -0.1) is 0 Å². The first-order valence-electron chi connectivity index (χ1n) is 7.09. The zero-order valence-corrected chi connectivity index (χ0v) is 11.1. The summed E-state index contributed by atoms with van der Waals surface area (Å²) >= 11 is 0. The molecule has 0 spiro atoms. The van der Waals surface area contributed by atoms with Crippen molar-refractivity contribution < 1.29 is 0 Å². The Balaban J connectivity index is 1.59. The second-order valence-electron chi connectivity index (χ2n) is 5.20. The number of hydrogen-bond donors (Lipinski definition) is 2. The van der Waals surface area contributed by atoms with Crippen molar-refractivity contribution in [3.63, 3.8) is 0 Å². The summed E-state index contributed by atoms with van der Waals surface area (Å²) in [5, 5.41) is 10.8. The molecule has 4 heteroatoms. The lowest BCUT2D eigenvalue weighted by Crippen LogP contribution is -2.27. The largest absolute Gasteiger partial charge is 0.317 e. The smallest absolute Gasteiger partial charge is 0.181 e. The minimum atomic E-state index is 0.806. The number of nitrogens with zero attached hydrogens (tertiary/aromatic N) is 2. The van der Waals surface area contributed by atoms with E-state index in [4.69, 9.17) is 0 Å². The number of hydrogen-bond acceptors (Lipinski definition) is 3. The second-order valence-corrected chi connectivity index (χ2v) is 5.20. The molecule has 0 saturated carbocycles. The van der Waals surface area contributed by atoms with Crippen LogP contribution in [0.2, 0.25) is 0 Å². The van der Waals surface area contributed by atoms with Crippen LogP contribution >= 0.6 is 0 Å². The molecule has 2 aromatic rings. The van der Waals surface area contributed by atoms with Gasteiger partial charge in [0.05, 0.1) is 0 Å². The van der Waals surface area contributed by atoms with Crippen molar-refractivity contribution in [3.05, 3.63) is 36.2 Å². The predicted octanol–water partition coefficient (Wildman–Crippen LogP) is 2.40. The van der Waals surface area contributed by atoms with E-state index in [1.807, 2.05) is 30.3 Å². The fourth-order valence-electron chi connectivity index (χ4n) is 2.63. The van der Waals surface area contributed by atoms with E-state index in [-0.39, 0.29) is 0 Å². The third kappa shape index (κ3) is 3.20. The van der Waals surface area contributed by atoms with Crippen LogP contribution in [0.5, 0.6) is 0 Å². The van der Waals surface area contributed by atoms with Crippen molar-refractivity contribution >= 4 is 0 Å². The zero-order valence-electron chi connectivity index (χ0n) is 11.1. The molecule has 0 radical (unpaired) electrons. The maximum atomic E-state index is 4.58. The first-order valence-corrected chi connectivity index (χ1v) is 7.09. The van der Waals surface area contributed by atoms with E-state index in [1.165, 1.54) is 19.3 Å². The lowest BCUT2D eigenvalue weighted by molar-refractivity contribution is 0.352. The van der Waals surface area contributed by atoms with E-state index < -0.39 is 0 Å². The molecule has 0 aliphatic carbocycles. The first-order chi connectivity index (χ1) is 9.42. The van der Waals surface area contributed by atoms with Gasteiger partial charge < -0.3 is 5.32 Å². The molecular formula is C15H20N4. The molecule has 0 amide bonds. The van der Waals surface area contributed by atoms with Gasteiger partial charge in [-0.3, -0.25) is 5.10 Å². The van der Waals surface area contributed by atoms with Crippen LogP contribution in [0.4, 0.5) is 0 Å². The Hall–Kier alpha value is -1.68. The minimum absolute atomic E-state index is 0.806. The molecule has 0 bridgehead atoms. The number of aromatic nitrogens is 3. The zero-order chi connectivity index (χ0) is 12.9.